The van der Waals surface area contributed by atoms with E-state index in [0.717, 1.165) is 16.2 Å². The summed E-state index contributed by atoms with van der Waals surface area (Å²) in [6, 6.07) is 3.03. The number of ether oxygens (including phenoxy) is 1. The summed E-state index contributed by atoms with van der Waals surface area (Å²) in [5.41, 5.74) is 0. The van der Waals surface area contributed by atoms with Crippen LogP contribution in [0.2, 0.25) is 0 Å². The minimum atomic E-state index is -3.71. The number of thiophene rings is 1. The second-order valence-corrected chi connectivity index (χ2v) is 9.71. The van der Waals surface area contributed by atoms with Crippen LogP contribution < -0.4 is 4.72 Å². The Morgan fingerprint density at radius 3 is 2.55 bits per heavy atom. The lowest BCUT2D eigenvalue weighted by Gasteiger charge is -2.05. The smallest absolute Gasteiger partial charge is 0.270 e. The molecule has 20 heavy (non-hydrogen) atoms. The lowest BCUT2D eigenvalue weighted by atomic mass is 10.3. The number of hydrogen-bond donors (Lipinski definition) is 1. The van der Waals surface area contributed by atoms with Gasteiger partial charge in [-0.25, -0.2) is 21.6 Å². The third-order valence-corrected chi connectivity index (χ3v) is 6.86. The van der Waals surface area contributed by atoms with Crippen LogP contribution in [0.4, 0.5) is 0 Å². The fraction of sp³-hybridized carbons (Fsp3) is 0.600. The molecule has 0 bridgehead atoms. The summed E-state index contributed by atoms with van der Waals surface area (Å²) in [6.07, 6.45) is 0.408. The monoisotopic (exact) mass is 361 g/mol. The van der Waals surface area contributed by atoms with E-state index >= 15 is 0 Å². The van der Waals surface area contributed by atoms with E-state index in [4.69, 9.17) is 15.4 Å². The fourth-order valence-corrected chi connectivity index (χ4v) is 4.36. The second kappa shape index (κ2) is 7.71. The lowest BCUT2D eigenvalue weighted by Crippen LogP contribution is -2.30. The predicted octanol–water partition coefficient (Wildman–Crippen LogP) is 1.17. The third-order valence-electron chi connectivity index (χ3n) is 2.27. The maximum atomic E-state index is 11.6. The molecule has 6 nitrogen and oxygen atoms in total. The zero-order valence-corrected chi connectivity index (χ0v) is 14.0. The Balaban J connectivity index is 2.43. The molecule has 0 spiro atoms. The minimum absolute atomic E-state index is 0.0633. The zero-order chi connectivity index (χ0) is 15.2. The Labute approximate surface area is 127 Å². The molecule has 1 rings (SSSR count). The van der Waals surface area contributed by atoms with Crippen molar-refractivity contribution in [2.24, 2.45) is 0 Å². The molecular formula is C10H16ClNO5S3. The lowest BCUT2D eigenvalue weighted by molar-refractivity contribution is 0.163. The summed E-state index contributed by atoms with van der Waals surface area (Å²) >= 11 is 1.03. The highest BCUT2D eigenvalue weighted by Crippen LogP contribution is 2.24. The van der Waals surface area contributed by atoms with Gasteiger partial charge < -0.3 is 4.74 Å². The van der Waals surface area contributed by atoms with Gasteiger partial charge in [-0.05, 0) is 25.5 Å². The molecule has 0 saturated carbocycles. The van der Waals surface area contributed by atoms with Crippen LogP contribution in [0.25, 0.3) is 0 Å². The van der Waals surface area contributed by atoms with E-state index in [9.17, 15) is 16.8 Å². The highest BCUT2D eigenvalue weighted by molar-refractivity contribution is 8.15. The number of halogens is 1. The Morgan fingerprint density at radius 1 is 1.30 bits per heavy atom. The quantitative estimate of drug-likeness (QED) is 0.527. The maximum Gasteiger partial charge on any atom is 0.270 e. The Kier molecular flexibility index (Phi) is 6.89. The number of hydrogen-bond acceptors (Lipinski definition) is 6. The zero-order valence-electron chi connectivity index (χ0n) is 10.8. The van der Waals surface area contributed by atoms with Crippen molar-refractivity contribution in [3.05, 3.63) is 17.0 Å². The third kappa shape index (κ3) is 6.51. The second-order valence-electron chi connectivity index (χ2n) is 3.82. The topological polar surface area (TPSA) is 89.5 Å². The highest BCUT2D eigenvalue weighted by atomic mass is 35.7. The number of sulfonamides is 1. The average Bonchev–Trinajstić information content (AvgIpc) is 2.77. The van der Waals surface area contributed by atoms with Gasteiger partial charge in [0.25, 0.3) is 9.05 Å². The van der Waals surface area contributed by atoms with Gasteiger partial charge in [0.05, 0.1) is 12.4 Å². The van der Waals surface area contributed by atoms with Crippen LogP contribution in [0.5, 0.6) is 0 Å². The van der Waals surface area contributed by atoms with Crippen LogP contribution in [0, 0.1) is 0 Å². The number of nitrogens with one attached hydrogen (secondary N) is 1. The summed E-state index contributed by atoms with van der Waals surface area (Å²) in [4.78, 5) is 0.747. The summed E-state index contributed by atoms with van der Waals surface area (Å²) in [5.74, 6) is -0.0907. The summed E-state index contributed by atoms with van der Waals surface area (Å²) in [6.45, 7) is 2.62. The van der Waals surface area contributed by atoms with Crippen LogP contribution in [-0.4, -0.2) is 42.3 Å². The standard InChI is InChI=1S/C10H16ClNO5S3/c1-2-17-7-8-19(13,14)12-6-5-9-3-4-10(18-9)20(11,15)16/h3-4,12H,2,5-8H2,1H3. The summed E-state index contributed by atoms with van der Waals surface area (Å²) in [5, 5.41) is 0. The molecule has 0 unspecified atom stereocenters. The minimum Gasteiger partial charge on any atom is -0.381 e. The van der Waals surface area contributed by atoms with Crippen LogP contribution in [0.3, 0.4) is 0 Å². The Hall–Kier alpha value is -0.190. The van der Waals surface area contributed by atoms with Crippen LogP contribution >= 0.6 is 22.0 Å². The van der Waals surface area contributed by atoms with Crippen molar-refractivity contribution < 1.29 is 21.6 Å². The van der Waals surface area contributed by atoms with E-state index in [1.807, 2.05) is 0 Å². The molecule has 0 aromatic carbocycles. The van der Waals surface area contributed by atoms with E-state index in [2.05, 4.69) is 4.72 Å². The maximum absolute atomic E-state index is 11.6. The molecule has 1 heterocycles. The number of rotatable bonds is 9. The first kappa shape index (κ1) is 17.9. The Morgan fingerprint density at radius 2 is 2.00 bits per heavy atom. The molecule has 1 aromatic heterocycles. The van der Waals surface area contributed by atoms with E-state index in [1.165, 1.54) is 6.07 Å². The van der Waals surface area contributed by atoms with Gasteiger partial charge in [-0.15, -0.1) is 11.3 Å². The molecule has 1 N–H and O–H groups in total. The van der Waals surface area contributed by atoms with Crippen molar-refractivity contribution in [2.75, 3.05) is 25.5 Å². The van der Waals surface area contributed by atoms with Crippen LogP contribution in [-0.2, 0) is 30.2 Å². The largest absolute Gasteiger partial charge is 0.381 e. The van der Waals surface area contributed by atoms with Crippen molar-refractivity contribution in [1.82, 2.24) is 4.72 Å². The molecule has 10 heteroatoms. The predicted molar refractivity (Wildman–Crippen MR) is 79.3 cm³/mol. The fourth-order valence-electron chi connectivity index (χ4n) is 1.34. The Bertz CT molecular complexity index is 623. The van der Waals surface area contributed by atoms with Crippen molar-refractivity contribution in [1.29, 1.82) is 0 Å². The van der Waals surface area contributed by atoms with E-state index < -0.39 is 19.1 Å². The van der Waals surface area contributed by atoms with Gasteiger partial charge in [-0.3, -0.25) is 0 Å². The SMILES string of the molecule is CCOCCS(=O)(=O)NCCc1ccc(S(=O)(=O)Cl)s1. The molecular weight excluding hydrogens is 346 g/mol. The molecule has 0 aliphatic carbocycles. The molecule has 116 valence electrons. The van der Waals surface area contributed by atoms with Gasteiger partial charge in [0.1, 0.15) is 4.21 Å². The van der Waals surface area contributed by atoms with Gasteiger partial charge >= 0.3 is 0 Å². The summed E-state index contributed by atoms with van der Waals surface area (Å²) in [7, 11) is -1.87. The molecule has 0 aliphatic heterocycles. The van der Waals surface area contributed by atoms with Crippen molar-refractivity contribution in [2.45, 2.75) is 17.6 Å². The van der Waals surface area contributed by atoms with Gasteiger partial charge in [0.2, 0.25) is 10.0 Å². The van der Waals surface area contributed by atoms with Gasteiger partial charge in [0, 0.05) is 28.7 Å². The molecule has 1 aromatic rings. The molecule has 0 fully saturated rings. The average molecular weight is 362 g/mol. The van der Waals surface area contributed by atoms with Crippen LogP contribution in [0.1, 0.15) is 11.8 Å². The van der Waals surface area contributed by atoms with E-state index in [0.29, 0.717) is 13.0 Å². The molecule has 0 aliphatic rings. The molecule has 0 amide bonds. The first-order valence-corrected chi connectivity index (χ1v) is 10.6. The first-order chi connectivity index (χ1) is 9.24. The molecule has 0 radical (unpaired) electrons. The van der Waals surface area contributed by atoms with Gasteiger partial charge in [-0.2, -0.15) is 0 Å². The van der Waals surface area contributed by atoms with Crippen molar-refractivity contribution in [3.8, 4) is 0 Å². The van der Waals surface area contributed by atoms with E-state index in [1.54, 1.807) is 13.0 Å². The normalized spacial score (nSPS) is 12.7. The first-order valence-electron chi connectivity index (χ1n) is 5.83. The molecule has 0 saturated heterocycles. The van der Waals surface area contributed by atoms with Crippen LogP contribution in [0.15, 0.2) is 16.3 Å². The highest BCUT2D eigenvalue weighted by Gasteiger charge is 2.14. The van der Waals surface area contributed by atoms with Crippen molar-refractivity contribution >= 4 is 41.1 Å². The van der Waals surface area contributed by atoms with E-state index in [-0.39, 0.29) is 23.1 Å². The summed E-state index contributed by atoms with van der Waals surface area (Å²) < 4.78 is 52.7. The van der Waals surface area contributed by atoms with Gasteiger partial charge in [0.15, 0.2) is 0 Å². The van der Waals surface area contributed by atoms with Gasteiger partial charge in [-0.1, -0.05) is 0 Å². The molecule has 0 atom stereocenters. The van der Waals surface area contributed by atoms with Crippen molar-refractivity contribution in [3.63, 3.8) is 0 Å².